The number of thiazole rings is 1. The summed E-state index contributed by atoms with van der Waals surface area (Å²) in [6, 6.07) is 4.81. The molecule has 2 aromatic heterocycles. The molecular formula is C18H22FN5S. The van der Waals surface area contributed by atoms with Crippen LogP contribution in [-0.2, 0) is 12.8 Å². The maximum absolute atomic E-state index is 13.4. The summed E-state index contributed by atoms with van der Waals surface area (Å²) in [5.41, 5.74) is 3.15. The number of hydrogen-bond donors (Lipinski definition) is 3. The number of aryl methyl sites for hydroxylation is 1. The number of fused-ring (bicyclic) bond motifs is 1. The molecule has 0 spiro atoms. The lowest BCUT2D eigenvalue weighted by Crippen LogP contribution is -2.39. The first-order chi connectivity index (χ1) is 12.2. The van der Waals surface area contributed by atoms with Gasteiger partial charge in [-0.2, -0.15) is 0 Å². The largest absolute Gasteiger partial charge is 0.361 e. The second-order valence-electron chi connectivity index (χ2n) is 5.79. The summed E-state index contributed by atoms with van der Waals surface area (Å²) >= 11 is 1.67. The van der Waals surface area contributed by atoms with Crippen molar-refractivity contribution in [3.8, 4) is 0 Å². The molecule has 5 nitrogen and oxygen atoms in total. The van der Waals surface area contributed by atoms with Crippen molar-refractivity contribution < 1.29 is 4.39 Å². The van der Waals surface area contributed by atoms with Gasteiger partial charge in [0, 0.05) is 49.0 Å². The monoisotopic (exact) mass is 359 g/mol. The summed E-state index contributed by atoms with van der Waals surface area (Å²) in [6.45, 7) is 3.51. The lowest BCUT2D eigenvalue weighted by molar-refractivity contribution is 0.629. The van der Waals surface area contributed by atoms with Crippen molar-refractivity contribution in [2.24, 2.45) is 4.99 Å². The van der Waals surface area contributed by atoms with E-state index in [0.29, 0.717) is 0 Å². The van der Waals surface area contributed by atoms with Crippen molar-refractivity contribution in [2.75, 3.05) is 20.1 Å². The second kappa shape index (κ2) is 8.11. The summed E-state index contributed by atoms with van der Waals surface area (Å²) < 4.78 is 13.4. The standard InChI is InChI=1S/C18H22FN5S/c1-12-24-15(11-25-12)6-8-22-18(20-2)21-7-5-13-10-23-17-4-3-14(19)9-16(13)17/h3-4,9-11,23H,5-8H2,1-2H3,(H2,20,21,22). The Morgan fingerprint density at radius 2 is 2.08 bits per heavy atom. The SMILES string of the molecule is CN=C(NCCc1csc(C)n1)NCCc1c[nH]c2ccc(F)cc12. The van der Waals surface area contributed by atoms with Gasteiger partial charge in [-0.05, 0) is 37.1 Å². The molecule has 2 heterocycles. The highest BCUT2D eigenvalue weighted by atomic mass is 32.1. The van der Waals surface area contributed by atoms with E-state index in [4.69, 9.17) is 0 Å². The minimum absolute atomic E-state index is 0.212. The summed E-state index contributed by atoms with van der Waals surface area (Å²) in [5.74, 6) is 0.550. The third kappa shape index (κ3) is 4.57. The summed E-state index contributed by atoms with van der Waals surface area (Å²) in [7, 11) is 1.75. The highest BCUT2D eigenvalue weighted by Gasteiger charge is 2.05. The normalized spacial score (nSPS) is 11.9. The molecule has 0 amide bonds. The van der Waals surface area contributed by atoms with Crippen LogP contribution in [-0.4, -0.2) is 36.1 Å². The van der Waals surface area contributed by atoms with Gasteiger partial charge in [0.25, 0.3) is 0 Å². The molecule has 25 heavy (non-hydrogen) atoms. The van der Waals surface area contributed by atoms with Gasteiger partial charge in [0.15, 0.2) is 5.96 Å². The third-order valence-corrected chi connectivity index (χ3v) is 4.80. The first-order valence-corrected chi connectivity index (χ1v) is 9.14. The van der Waals surface area contributed by atoms with Crippen molar-refractivity contribution in [1.29, 1.82) is 0 Å². The number of halogens is 1. The quantitative estimate of drug-likeness (QED) is 0.468. The zero-order chi connectivity index (χ0) is 17.6. The molecule has 0 saturated heterocycles. The molecule has 3 rings (SSSR count). The Bertz CT molecular complexity index is 867. The third-order valence-electron chi connectivity index (χ3n) is 3.98. The van der Waals surface area contributed by atoms with Gasteiger partial charge in [-0.25, -0.2) is 9.37 Å². The van der Waals surface area contributed by atoms with Crippen LogP contribution < -0.4 is 10.6 Å². The molecule has 1 aromatic carbocycles. The maximum Gasteiger partial charge on any atom is 0.190 e. The van der Waals surface area contributed by atoms with Crippen LogP contribution >= 0.6 is 11.3 Å². The highest BCUT2D eigenvalue weighted by molar-refractivity contribution is 7.09. The average molecular weight is 359 g/mol. The van der Waals surface area contributed by atoms with Crippen LogP contribution in [0.15, 0.2) is 34.8 Å². The van der Waals surface area contributed by atoms with Gasteiger partial charge in [-0.3, -0.25) is 4.99 Å². The summed E-state index contributed by atoms with van der Waals surface area (Å²) in [5, 5.41) is 10.7. The van der Waals surface area contributed by atoms with Crippen LogP contribution in [0.3, 0.4) is 0 Å². The highest BCUT2D eigenvalue weighted by Crippen LogP contribution is 2.19. The fourth-order valence-electron chi connectivity index (χ4n) is 2.73. The Hall–Kier alpha value is -2.41. The number of aliphatic imine (C=N–C) groups is 1. The van der Waals surface area contributed by atoms with Gasteiger partial charge in [-0.15, -0.1) is 11.3 Å². The topological polar surface area (TPSA) is 65.1 Å². The zero-order valence-electron chi connectivity index (χ0n) is 14.4. The molecule has 0 unspecified atom stereocenters. The van der Waals surface area contributed by atoms with E-state index in [1.165, 1.54) is 6.07 Å². The van der Waals surface area contributed by atoms with Crippen LogP contribution in [0.4, 0.5) is 4.39 Å². The predicted molar refractivity (Wildman–Crippen MR) is 102 cm³/mol. The van der Waals surface area contributed by atoms with Crippen molar-refractivity contribution in [3.05, 3.63) is 51.9 Å². The van der Waals surface area contributed by atoms with E-state index in [1.54, 1.807) is 30.5 Å². The average Bonchev–Trinajstić information content (AvgIpc) is 3.19. The van der Waals surface area contributed by atoms with Crippen molar-refractivity contribution in [2.45, 2.75) is 19.8 Å². The molecule has 0 bridgehead atoms. The number of rotatable bonds is 6. The van der Waals surface area contributed by atoms with Crippen LogP contribution in [0.5, 0.6) is 0 Å². The molecule has 3 aromatic rings. The van der Waals surface area contributed by atoms with Crippen LogP contribution in [0.1, 0.15) is 16.3 Å². The Labute approximate surface area is 150 Å². The van der Waals surface area contributed by atoms with E-state index in [1.807, 2.05) is 13.1 Å². The number of H-pyrrole nitrogens is 1. The number of guanidine groups is 1. The minimum atomic E-state index is -0.212. The van der Waals surface area contributed by atoms with Gasteiger partial charge in [-0.1, -0.05) is 0 Å². The van der Waals surface area contributed by atoms with Crippen LogP contribution in [0, 0.1) is 12.7 Å². The van der Waals surface area contributed by atoms with Crippen molar-refractivity contribution in [1.82, 2.24) is 20.6 Å². The van der Waals surface area contributed by atoms with Gasteiger partial charge in [0.05, 0.1) is 10.7 Å². The number of hydrogen-bond acceptors (Lipinski definition) is 3. The molecule has 0 fully saturated rings. The van der Waals surface area contributed by atoms with Gasteiger partial charge in [0.1, 0.15) is 5.82 Å². The number of nitrogens with one attached hydrogen (secondary N) is 3. The molecule has 0 aliphatic rings. The van der Waals surface area contributed by atoms with Crippen molar-refractivity contribution >= 4 is 28.2 Å². The predicted octanol–water partition coefficient (Wildman–Crippen LogP) is 3.02. The Kier molecular flexibility index (Phi) is 5.65. The van der Waals surface area contributed by atoms with E-state index in [9.17, 15) is 4.39 Å². The van der Waals surface area contributed by atoms with E-state index in [2.05, 4.69) is 31.0 Å². The fraction of sp³-hybridized carbons (Fsp3) is 0.333. The number of nitrogens with zero attached hydrogens (tertiary/aromatic N) is 2. The number of benzene rings is 1. The lowest BCUT2D eigenvalue weighted by atomic mass is 10.1. The van der Waals surface area contributed by atoms with Gasteiger partial charge < -0.3 is 15.6 Å². The minimum Gasteiger partial charge on any atom is -0.361 e. The van der Waals surface area contributed by atoms with E-state index < -0.39 is 0 Å². The molecule has 0 aliphatic heterocycles. The van der Waals surface area contributed by atoms with E-state index in [-0.39, 0.29) is 5.82 Å². The maximum atomic E-state index is 13.4. The Balaban J connectivity index is 1.47. The summed E-state index contributed by atoms with van der Waals surface area (Å²) in [6.07, 6.45) is 3.59. The molecule has 0 radical (unpaired) electrons. The summed E-state index contributed by atoms with van der Waals surface area (Å²) in [4.78, 5) is 11.9. The lowest BCUT2D eigenvalue weighted by Gasteiger charge is -2.11. The number of aromatic amines is 1. The van der Waals surface area contributed by atoms with Crippen LogP contribution in [0.25, 0.3) is 10.9 Å². The number of aromatic nitrogens is 2. The fourth-order valence-corrected chi connectivity index (χ4v) is 3.37. The molecular weight excluding hydrogens is 337 g/mol. The smallest absolute Gasteiger partial charge is 0.190 e. The molecule has 0 saturated carbocycles. The molecule has 3 N–H and O–H groups in total. The first kappa shape index (κ1) is 17.4. The van der Waals surface area contributed by atoms with Crippen LogP contribution in [0.2, 0.25) is 0 Å². The molecule has 0 aliphatic carbocycles. The van der Waals surface area contributed by atoms with Gasteiger partial charge in [0.2, 0.25) is 0 Å². The van der Waals surface area contributed by atoms with Gasteiger partial charge >= 0.3 is 0 Å². The first-order valence-electron chi connectivity index (χ1n) is 8.27. The molecule has 0 atom stereocenters. The molecule has 7 heteroatoms. The van der Waals surface area contributed by atoms with Crippen molar-refractivity contribution in [3.63, 3.8) is 0 Å². The molecule has 132 valence electrons. The zero-order valence-corrected chi connectivity index (χ0v) is 15.2. The Morgan fingerprint density at radius 1 is 1.28 bits per heavy atom. The van der Waals surface area contributed by atoms with E-state index in [0.717, 1.165) is 59.1 Å². The van der Waals surface area contributed by atoms with E-state index >= 15 is 0 Å². The Morgan fingerprint density at radius 3 is 2.80 bits per heavy atom. The second-order valence-corrected chi connectivity index (χ2v) is 6.85.